The molecule has 6 amide bonds. The van der Waals surface area contributed by atoms with Gasteiger partial charge in [0, 0.05) is 126 Å². The molecule has 0 heterocycles. The number of hydrogen-bond acceptors (Lipinski definition) is 16. The van der Waals surface area contributed by atoms with Gasteiger partial charge in [-0.25, -0.2) is 4.39 Å². The normalized spacial score (nSPS) is 10.1. The number of nitro benzene ring substituents is 1. The van der Waals surface area contributed by atoms with Gasteiger partial charge in [0.25, 0.3) is 41.1 Å². The number of halogens is 7. The Bertz CT molecular complexity index is 6500. The Hall–Kier alpha value is -15.2. The second-order valence-electron chi connectivity index (χ2n) is 28.9. The van der Waals surface area contributed by atoms with E-state index in [0.717, 1.165) is 10.5 Å². The summed E-state index contributed by atoms with van der Waals surface area (Å²) < 4.78 is 25.2. The van der Waals surface area contributed by atoms with Crippen molar-refractivity contribution in [3.05, 3.63) is 452 Å². The van der Waals surface area contributed by atoms with Crippen molar-refractivity contribution in [3.8, 4) is 11.5 Å². The van der Waals surface area contributed by atoms with Crippen LogP contribution in [-0.2, 0) is 28.8 Å². The van der Waals surface area contributed by atoms with Crippen molar-refractivity contribution < 1.29 is 76.3 Å². The summed E-state index contributed by atoms with van der Waals surface area (Å²) in [6, 6.07) is 70.7. The van der Waals surface area contributed by atoms with Gasteiger partial charge in [-0.2, -0.15) is 0 Å². The SMILES string of the molecule is C=C(C)C(=O)Nc1cc(OC)c(OC)cc1C(=O)c1ccc(Cl)cc1.C=C(C)C(=O)Nc1ccc(Cl)cc1C(=O)c1ccccc1.C=C(C)C(=O)Nc1ccc(Cl)cc1C(=O)c1ccccc1Cl.C=C(C)C(=O)Nc1ccc(Cl)cc1C(=O)c1ccccc1F.C=C(C)C(=O)Nc1ccc([N+](=O)[O-])cc1C(=O)c1ccccc1.C=C(C)C(=O)Nc1ccccc1C(=O)c1ccc(Br)cc1. The zero-order valence-corrected chi connectivity index (χ0v) is 78.6. The van der Waals surface area contributed by atoms with Crippen LogP contribution in [0.25, 0.3) is 0 Å². The number of nitrogens with one attached hydrogen (secondary N) is 6. The van der Waals surface area contributed by atoms with E-state index in [4.69, 9.17) is 67.5 Å². The first-order valence-corrected chi connectivity index (χ1v) is 42.4. The summed E-state index contributed by atoms with van der Waals surface area (Å²) in [5, 5.41) is 28.8. The average Bonchev–Trinajstić information content (AvgIpc) is 0.489. The number of benzene rings is 12. The largest absolute Gasteiger partial charge is 0.493 e. The molecular weight excluding hydrogens is 1880 g/mol. The van der Waals surface area contributed by atoms with E-state index >= 15 is 0 Å². The quantitative estimate of drug-likeness (QED) is 0.0121. The number of amides is 6. The Balaban J connectivity index is 0.000000220. The Morgan fingerprint density at radius 3 is 0.948 bits per heavy atom. The van der Waals surface area contributed by atoms with Crippen LogP contribution in [0.4, 0.5) is 44.2 Å². The van der Waals surface area contributed by atoms with Crippen LogP contribution in [0.15, 0.2) is 344 Å². The fraction of sp³-hybridized carbons (Fsp3) is 0.0769. The highest BCUT2D eigenvalue weighted by Crippen LogP contribution is 2.37. The first-order valence-electron chi connectivity index (χ1n) is 39.8. The first kappa shape index (κ1) is 106. The van der Waals surface area contributed by atoms with Crippen LogP contribution < -0.4 is 41.4 Å². The van der Waals surface area contributed by atoms with Gasteiger partial charge in [-0.1, -0.05) is 210 Å². The van der Waals surface area contributed by atoms with E-state index in [1.165, 1.54) is 81.8 Å². The molecule has 0 atom stereocenters. The smallest absolute Gasteiger partial charge is 0.270 e. The molecule has 0 saturated carbocycles. The first-order chi connectivity index (χ1) is 63.5. The number of anilines is 6. The molecule has 0 bridgehead atoms. The lowest BCUT2D eigenvalue weighted by Crippen LogP contribution is -2.16. The minimum atomic E-state index is -0.635. The number of para-hydroxylation sites is 1. The van der Waals surface area contributed by atoms with Crippen LogP contribution >= 0.6 is 73.9 Å². The standard InChI is InChI=1S/C19H18ClNO4.C17H14BrNO2.C17H13Cl2NO2.C17H13ClFNO2.C17H14ClNO2.C17H14N2O4/c1-11(2)19(23)21-15-10-17(25-4)16(24-3)9-14(15)18(22)12-5-7-13(20)8-6-12;1-11(2)17(21)19-15-6-4-3-5-14(15)16(20)12-7-9-13(18)10-8-12;2*1-10(2)17(22)20-15-8-7-11(18)9-13(15)16(21)12-5-3-4-6-14(12)19;1-11(2)17(21)19-15-9-8-13(18)10-14(15)16(20)12-6-4-3-5-7-12;1-11(2)17(21)18-15-9-8-13(19(22)23)10-14(15)16(20)12-6-4-3-5-7-12/h5-10H,1H2,2-4H3,(H,21,23);3-10H,1H2,2H3,(H,19,21);2*3-9H,1H2,2H3,(H,20,22);3-10H,1H2,2H3,(H,19,21);3-10H,1H2,2H3,(H,18,21). The highest BCUT2D eigenvalue weighted by molar-refractivity contribution is 9.10. The number of nitrogens with zero attached hydrogens (tertiary/aromatic N) is 1. The molecule has 0 spiro atoms. The topological polar surface area (TPSA) is 339 Å². The highest BCUT2D eigenvalue weighted by atomic mass is 79.9. The third-order valence-corrected chi connectivity index (χ3v) is 20.2. The van der Waals surface area contributed by atoms with Crippen LogP contribution in [0.3, 0.4) is 0 Å². The van der Waals surface area contributed by atoms with E-state index in [-0.39, 0.29) is 91.3 Å². The molecule has 0 unspecified atom stereocenters. The van der Waals surface area contributed by atoms with Crippen molar-refractivity contribution in [1.82, 2.24) is 0 Å². The number of ether oxygens (including phenoxy) is 2. The number of non-ortho nitro benzene ring substituents is 1. The Labute approximate surface area is 805 Å². The number of nitro groups is 1. The van der Waals surface area contributed by atoms with Crippen LogP contribution in [-0.4, -0.2) is 89.3 Å². The number of methoxy groups -OCH3 is 2. The molecule has 30 heteroatoms. The zero-order chi connectivity index (χ0) is 98.9. The lowest BCUT2D eigenvalue weighted by atomic mass is 10.0. The molecule has 0 radical (unpaired) electrons. The van der Waals surface area contributed by atoms with E-state index in [1.54, 1.807) is 217 Å². The molecule has 682 valence electrons. The molecule has 12 aromatic rings. The molecule has 0 aliphatic rings. The predicted octanol–water partition coefficient (Wildman–Crippen LogP) is 24.7. The molecule has 12 rings (SSSR count). The summed E-state index contributed by atoms with van der Waals surface area (Å²) in [6.07, 6.45) is 0. The second kappa shape index (κ2) is 50.8. The fourth-order valence-corrected chi connectivity index (χ4v) is 12.4. The minimum Gasteiger partial charge on any atom is -0.493 e. The van der Waals surface area contributed by atoms with Crippen molar-refractivity contribution in [2.24, 2.45) is 0 Å². The Kier molecular flexibility index (Phi) is 40.1. The summed E-state index contributed by atoms with van der Waals surface area (Å²) in [5.74, 6) is -4.03. The number of hydrogen-bond donors (Lipinski definition) is 6. The van der Waals surface area contributed by atoms with Crippen LogP contribution in [0.1, 0.15) is 137 Å². The van der Waals surface area contributed by atoms with Crippen molar-refractivity contribution in [2.75, 3.05) is 46.1 Å². The number of ketones is 6. The zero-order valence-electron chi connectivity index (χ0n) is 73.3. The lowest BCUT2D eigenvalue weighted by molar-refractivity contribution is -0.384. The van der Waals surface area contributed by atoms with E-state index in [0.29, 0.717) is 126 Å². The number of carbonyl (C=O) groups excluding carboxylic acids is 12. The van der Waals surface area contributed by atoms with Gasteiger partial charge in [0.1, 0.15) is 5.82 Å². The summed E-state index contributed by atoms with van der Waals surface area (Å²) >= 11 is 33.1. The molecule has 12 aromatic carbocycles. The molecule has 0 saturated heterocycles. The van der Waals surface area contributed by atoms with E-state index in [9.17, 15) is 72.0 Å². The number of rotatable bonds is 27. The van der Waals surface area contributed by atoms with E-state index < -0.39 is 40.0 Å². The second-order valence-corrected chi connectivity index (χ2v) is 32.0. The highest BCUT2D eigenvalue weighted by Gasteiger charge is 2.26. The van der Waals surface area contributed by atoms with Crippen LogP contribution in [0, 0.1) is 15.9 Å². The fourth-order valence-electron chi connectivity index (χ4n) is 11.3. The monoisotopic (exact) mass is 1960 g/mol. The van der Waals surface area contributed by atoms with Crippen molar-refractivity contribution in [2.45, 2.75) is 41.5 Å². The maximum atomic E-state index is 13.8. The van der Waals surface area contributed by atoms with E-state index in [2.05, 4.69) is 87.3 Å². The molecule has 134 heavy (non-hydrogen) atoms. The maximum absolute atomic E-state index is 13.8. The molecule has 23 nitrogen and oxygen atoms in total. The third-order valence-electron chi connectivity index (χ3n) is 18.4. The van der Waals surface area contributed by atoms with Crippen molar-refractivity contribution >= 4 is 184 Å². The summed E-state index contributed by atoms with van der Waals surface area (Å²) in [5.41, 5.74) is 7.47. The molecule has 0 aliphatic carbocycles. The van der Waals surface area contributed by atoms with Gasteiger partial charge in [-0.15, -0.1) is 0 Å². The number of carbonyl (C=O) groups is 12. The average molecular weight is 1970 g/mol. The molecular formula is C104H86BrCl5FN7O16. The molecule has 0 aromatic heterocycles. The van der Waals surface area contributed by atoms with Gasteiger partial charge in [-0.3, -0.25) is 67.6 Å². The van der Waals surface area contributed by atoms with Gasteiger partial charge < -0.3 is 41.4 Å². The lowest BCUT2D eigenvalue weighted by Gasteiger charge is -2.15. The Morgan fingerprint density at radius 2 is 0.575 bits per heavy atom. The maximum Gasteiger partial charge on any atom is 0.270 e. The van der Waals surface area contributed by atoms with E-state index in [1.807, 2.05) is 18.2 Å². The van der Waals surface area contributed by atoms with Crippen molar-refractivity contribution in [1.29, 1.82) is 0 Å². The summed E-state index contributed by atoms with van der Waals surface area (Å²) in [6.45, 7) is 30.9. The summed E-state index contributed by atoms with van der Waals surface area (Å²) in [7, 11) is 2.95. The van der Waals surface area contributed by atoms with Crippen LogP contribution in [0.2, 0.25) is 25.1 Å². The van der Waals surface area contributed by atoms with Gasteiger partial charge >= 0.3 is 0 Å². The van der Waals surface area contributed by atoms with Gasteiger partial charge in [0.05, 0.1) is 75.0 Å². The molecule has 0 aliphatic heterocycles. The van der Waals surface area contributed by atoms with Crippen LogP contribution in [0.5, 0.6) is 11.5 Å². The van der Waals surface area contributed by atoms with Gasteiger partial charge in [0.15, 0.2) is 46.2 Å². The third kappa shape index (κ3) is 30.7. The predicted molar refractivity (Wildman–Crippen MR) is 531 cm³/mol. The van der Waals surface area contributed by atoms with Crippen molar-refractivity contribution in [3.63, 3.8) is 0 Å². The molecule has 0 fully saturated rings. The minimum absolute atomic E-state index is 0.0556. The summed E-state index contributed by atoms with van der Waals surface area (Å²) in [4.78, 5) is 157. The van der Waals surface area contributed by atoms with Gasteiger partial charge in [0.2, 0.25) is 0 Å². The Morgan fingerprint density at radius 1 is 0.299 bits per heavy atom. The molecule has 6 N–H and O–H groups in total. The van der Waals surface area contributed by atoms with Gasteiger partial charge in [-0.05, 0) is 193 Å².